The van der Waals surface area contributed by atoms with Crippen LogP contribution in [0.15, 0.2) is 35.1 Å². The van der Waals surface area contributed by atoms with E-state index in [9.17, 15) is 0 Å². The molecule has 0 spiro atoms. The van der Waals surface area contributed by atoms with Crippen molar-refractivity contribution in [2.75, 3.05) is 24.8 Å². The molecule has 1 heterocycles. The van der Waals surface area contributed by atoms with Crippen LogP contribution in [-0.2, 0) is 0 Å². The van der Waals surface area contributed by atoms with Crippen LogP contribution in [0, 0.1) is 0 Å². The van der Waals surface area contributed by atoms with Gasteiger partial charge in [0.05, 0.1) is 11.6 Å². The van der Waals surface area contributed by atoms with Gasteiger partial charge in [0.1, 0.15) is 23.7 Å². The van der Waals surface area contributed by atoms with Crippen LogP contribution in [-0.4, -0.2) is 24.1 Å². The number of hydrogen-bond acceptors (Lipinski definition) is 5. The molecule has 2 N–H and O–H groups in total. The first-order chi connectivity index (χ1) is 8.72. The van der Waals surface area contributed by atoms with Gasteiger partial charge >= 0.3 is 0 Å². The molecule has 0 bridgehead atoms. The molecule has 2 aromatic rings. The van der Waals surface area contributed by atoms with Crippen molar-refractivity contribution in [3.63, 3.8) is 0 Å². The molecule has 0 aliphatic rings. The van der Waals surface area contributed by atoms with Gasteiger partial charge in [-0.1, -0.05) is 0 Å². The molecular formula is C12H13BrN4O. The number of aromatic nitrogens is 2. The molecule has 5 nitrogen and oxygen atoms in total. The van der Waals surface area contributed by atoms with Crippen molar-refractivity contribution in [2.45, 2.75) is 0 Å². The van der Waals surface area contributed by atoms with Crippen molar-refractivity contribution in [1.29, 1.82) is 0 Å². The summed E-state index contributed by atoms with van der Waals surface area (Å²) in [6, 6.07) is 7.56. The van der Waals surface area contributed by atoms with Crippen molar-refractivity contribution in [2.24, 2.45) is 0 Å². The van der Waals surface area contributed by atoms with Gasteiger partial charge in [-0.2, -0.15) is 0 Å². The SMILES string of the molecule is CNc1cc(Nc2ccc(OC)c(Br)c2)ncn1. The molecule has 1 aromatic heterocycles. The minimum atomic E-state index is 0.728. The Balaban J connectivity index is 2.20. The molecule has 0 aliphatic carbocycles. The highest BCUT2D eigenvalue weighted by molar-refractivity contribution is 9.10. The van der Waals surface area contributed by atoms with Gasteiger partial charge in [-0.25, -0.2) is 9.97 Å². The highest BCUT2D eigenvalue weighted by atomic mass is 79.9. The fourth-order valence-electron chi connectivity index (χ4n) is 1.45. The first-order valence-electron chi connectivity index (χ1n) is 5.33. The minimum Gasteiger partial charge on any atom is -0.496 e. The van der Waals surface area contributed by atoms with E-state index in [4.69, 9.17) is 4.74 Å². The van der Waals surface area contributed by atoms with Crippen molar-refractivity contribution in [3.05, 3.63) is 35.1 Å². The number of hydrogen-bond donors (Lipinski definition) is 2. The zero-order valence-electron chi connectivity index (χ0n) is 10.1. The van der Waals surface area contributed by atoms with Crippen LogP contribution >= 0.6 is 15.9 Å². The molecule has 0 radical (unpaired) electrons. The van der Waals surface area contributed by atoms with Gasteiger partial charge in [-0.05, 0) is 34.1 Å². The lowest BCUT2D eigenvalue weighted by atomic mass is 10.3. The summed E-state index contributed by atoms with van der Waals surface area (Å²) < 4.78 is 6.06. The number of nitrogens with one attached hydrogen (secondary N) is 2. The number of nitrogens with zero attached hydrogens (tertiary/aromatic N) is 2. The minimum absolute atomic E-state index is 0.728. The number of benzene rings is 1. The first kappa shape index (κ1) is 12.6. The van der Waals surface area contributed by atoms with Crippen molar-refractivity contribution >= 4 is 33.3 Å². The third kappa shape index (κ3) is 2.89. The predicted molar refractivity (Wildman–Crippen MR) is 75.6 cm³/mol. The van der Waals surface area contributed by atoms with E-state index in [-0.39, 0.29) is 0 Å². The number of ether oxygens (including phenoxy) is 1. The van der Waals surface area contributed by atoms with Gasteiger partial charge in [0.15, 0.2) is 0 Å². The van der Waals surface area contributed by atoms with Gasteiger partial charge in [-0.3, -0.25) is 0 Å². The van der Waals surface area contributed by atoms with Crippen LogP contribution < -0.4 is 15.4 Å². The zero-order valence-corrected chi connectivity index (χ0v) is 11.7. The molecule has 0 saturated heterocycles. The summed E-state index contributed by atoms with van der Waals surface area (Å²) in [6.45, 7) is 0. The predicted octanol–water partition coefficient (Wildman–Crippen LogP) is 3.03. The third-order valence-corrected chi connectivity index (χ3v) is 2.97. The van der Waals surface area contributed by atoms with Crippen LogP contribution in [0.4, 0.5) is 17.3 Å². The Kier molecular flexibility index (Phi) is 3.99. The van der Waals surface area contributed by atoms with E-state index in [1.807, 2.05) is 31.3 Å². The van der Waals surface area contributed by atoms with Crippen molar-refractivity contribution < 1.29 is 4.74 Å². The number of rotatable bonds is 4. The molecule has 1 aromatic carbocycles. The quantitative estimate of drug-likeness (QED) is 0.909. The molecule has 18 heavy (non-hydrogen) atoms. The highest BCUT2D eigenvalue weighted by Gasteiger charge is 2.03. The van der Waals surface area contributed by atoms with E-state index in [1.54, 1.807) is 7.11 Å². The van der Waals surface area contributed by atoms with Gasteiger partial charge in [0.2, 0.25) is 0 Å². The molecule has 94 valence electrons. The van der Waals surface area contributed by atoms with E-state index in [1.165, 1.54) is 6.33 Å². The normalized spacial score (nSPS) is 9.94. The Morgan fingerprint density at radius 2 is 1.94 bits per heavy atom. The number of methoxy groups -OCH3 is 1. The van der Waals surface area contributed by atoms with E-state index in [0.29, 0.717) is 0 Å². The molecule has 0 fully saturated rings. The molecule has 0 unspecified atom stereocenters. The Bertz CT molecular complexity index is 547. The van der Waals surface area contributed by atoms with Crippen LogP contribution in [0.5, 0.6) is 5.75 Å². The molecule has 0 amide bonds. The van der Waals surface area contributed by atoms with Gasteiger partial charge in [0.25, 0.3) is 0 Å². The lowest BCUT2D eigenvalue weighted by Crippen LogP contribution is -1.98. The first-order valence-corrected chi connectivity index (χ1v) is 6.12. The van der Waals surface area contributed by atoms with Gasteiger partial charge in [0, 0.05) is 18.8 Å². The molecular weight excluding hydrogens is 296 g/mol. The topological polar surface area (TPSA) is 59.1 Å². The highest BCUT2D eigenvalue weighted by Crippen LogP contribution is 2.28. The van der Waals surface area contributed by atoms with E-state index < -0.39 is 0 Å². The Labute approximate surface area is 114 Å². The summed E-state index contributed by atoms with van der Waals surface area (Å²) in [5, 5.41) is 6.16. The standard InChI is InChI=1S/C12H13BrN4O/c1-14-11-6-12(16-7-15-11)17-8-3-4-10(18-2)9(13)5-8/h3-7H,1-2H3,(H2,14,15,16,17). The Morgan fingerprint density at radius 3 is 2.61 bits per heavy atom. The van der Waals surface area contributed by atoms with Crippen LogP contribution in [0.2, 0.25) is 0 Å². The second-order valence-corrected chi connectivity index (χ2v) is 4.37. The molecule has 0 aliphatic heterocycles. The fraction of sp³-hybridized carbons (Fsp3) is 0.167. The van der Waals surface area contributed by atoms with E-state index >= 15 is 0 Å². The maximum Gasteiger partial charge on any atom is 0.135 e. The van der Waals surface area contributed by atoms with Crippen LogP contribution in [0.1, 0.15) is 0 Å². The summed E-state index contributed by atoms with van der Waals surface area (Å²) in [4.78, 5) is 8.20. The van der Waals surface area contributed by atoms with Crippen LogP contribution in [0.25, 0.3) is 0 Å². The largest absolute Gasteiger partial charge is 0.496 e. The maximum absolute atomic E-state index is 5.18. The van der Waals surface area contributed by atoms with Crippen molar-refractivity contribution in [1.82, 2.24) is 9.97 Å². The monoisotopic (exact) mass is 308 g/mol. The second kappa shape index (κ2) is 5.68. The third-order valence-electron chi connectivity index (χ3n) is 2.35. The summed E-state index contributed by atoms with van der Waals surface area (Å²) in [7, 11) is 3.45. The molecule has 2 rings (SSSR count). The second-order valence-electron chi connectivity index (χ2n) is 3.51. The molecule has 6 heteroatoms. The molecule has 0 atom stereocenters. The lowest BCUT2D eigenvalue weighted by Gasteiger charge is -2.09. The van der Waals surface area contributed by atoms with Gasteiger partial charge < -0.3 is 15.4 Å². The summed E-state index contributed by atoms with van der Waals surface area (Å²) >= 11 is 3.44. The number of anilines is 3. The van der Waals surface area contributed by atoms with Crippen LogP contribution in [0.3, 0.4) is 0 Å². The average Bonchev–Trinajstić information content (AvgIpc) is 2.39. The average molecular weight is 309 g/mol. The van der Waals surface area contributed by atoms with Crippen molar-refractivity contribution in [3.8, 4) is 5.75 Å². The smallest absolute Gasteiger partial charge is 0.135 e. The number of halogens is 1. The Hall–Kier alpha value is -1.82. The Morgan fingerprint density at radius 1 is 1.17 bits per heavy atom. The summed E-state index contributed by atoms with van der Waals surface area (Å²) in [5.74, 6) is 2.28. The molecule has 0 saturated carbocycles. The van der Waals surface area contributed by atoms with Gasteiger partial charge in [-0.15, -0.1) is 0 Å². The lowest BCUT2D eigenvalue weighted by molar-refractivity contribution is 0.412. The fourth-order valence-corrected chi connectivity index (χ4v) is 2.00. The summed E-state index contributed by atoms with van der Waals surface area (Å²) in [5.41, 5.74) is 0.920. The zero-order chi connectivity index (χ0) is 13.0. The van der Waals surface area contributed by atoms with E-state index in [0.717, 1.165) is 27.5 Å². The summed E-state index contributed by atoms with van der Waals surface area (Å²) in [6.07, 6.45) is 1.51. The van der Waals surface area contributed by atoms with E-state index in [2.05, 4.69) is 36.5 Å². The maximum atomic E-state index is 5.18.